The van der Waals surface area contributed by atoms with Gasteiger partial charge < -0.3 is 11.1 Å². The van der Waals surface area contributed by atoms with Gasteiger partial charge in [0.15, 0.2) is 9.84 Å². The van der Waals surface area contributed by atoms with Crippen LogP contribution in [-0.4, -0.2) is 26.6 Å². The van der Waals surface area contributed by atoms with Crippen LogP contribution in [-0.2, 0) is 14.6 Å². The molecule has 108 valence electrons. The Balaban J connectivity index is 0.00000324. The average Bonchev–Trinajstić information content (AvgIpc) is 2.36. The molecule has 1 rings (SSSR count). The van der Waals surface area contributed by atoms with Crippen molar-refractivity contribution >= 4 is 28.2 Å². The number of benzene rings is 1. The summed E-state index contributed by atoms with van der Waals surface area (Å²) in [6.07, 6.45) is 0. The molecule has 0 bridgehead atoms. The molecule has 1 atom stereocenters. The number of carbonyl (C=O) groups excluding carboxylic acids is 1. The highest BCUT2D eigenvalue weighted by atomic mass is 35.5. The zero-order valence-corrected chi connectivity index (χ0v) is 12.6. The van der Waals surface area contributed by atoms with Gasteiger partial charge in [-0.25, -0.2) is 8.42 Å². The zero-order chi connectivity index (χ0) is 13.8. The highest BCUT2D eigenvalue weighted by molar-refractivity contribution is 7.91. The van der Waals surface area contributed by atoms with Gasteiger partial charge in [-0.15, -0.1) is 12.4 Å². The van der Waals surface area contributed by atoms with Crippen molar-refractivity contribution in [1.29, 1.82) is 0 Å². The molecule has 1 amide bonds. The van der Waals surface area contributed by atoms with Crippen LogP contribution in [0.1, 0.15) is 25.5 Å². The van der Waals surface area contributed by atoms with Crippen molar-refractivity contribution in [1.82, 2.24) is 5.32 Å². The van der Waals surface area contributed by atoms with Crippen molar-refractivity contribution in [2.45, 2.75) is 24.8 Å². The third-order valence-corrected chi connectivity index (χ3v) is 4.37. The lowest BCUT2D eigenvalue weighted by molar-refractivity contribution is -0.119. The van der Waals surface area contributed by atoms with Gasteiger partial charge in [0.2, 0.25) is 5.91 Å². The second-order valence-corrected chi connectivity index (χ2v) is 6.29. The number of halogens is 1. The average molecular weight is 307 g/mol. The van der Waals surface area contributed by atoms with Gasteiger partial charge in [-0.05, 0) is 17.7 Å². The van der Waals surface area contributed by atoms with Crippen molar-refractivity contribution in [3.05, 3.63) is 29.8 Å². The van der Waals surface area contributed by atoms with Crippen molar-refractivity contribution in [3.8, 4) is 0 Å². The summed E-state index contributed by atoms with van der Waals surface area (Å²) in [5, 5.41) is 2.62. The lowest BCUT2D eigenvalue weighted by atomic mass is 10.1. The van der Waals surface area contributed by atoms with E-state index in [2.05, 4.69) is 5.32 Å². The zero-order valence-electron chi connectivity index (χ0n) is 10.9. The fourth-order valence-electron chi connectivity index (χ4n) is 1.46. The molecule has 19 heavy (non-hydrogen) atoms. The van der Waals surface area contributed by atoms with Crippen LogP contribution < -0.4 is 11.1 Å². The summed E-state index contributed by atoms with van der Waals surface area (Å²) in [7, 11) is -3.18. The fraction of sp³-hybridized carbons (Fsp3) is 0.417. The molecule has 0 radical (unpaired) electrons. The van der Waals surface area contributed by atoms with E-state index in [0.717, 1.165) is 5.56 Å². The summed E-state index contributed by atoms with van der Waals surface area (Å²) in [6.45, 7) is 3.35. The highest BCUT2D eigenvalue weighted by Crippen LogP contribution is 2.15. The van der Waals surface area contributed by atoms with Gasteiger partial charge in [-0.2, -0.15) is 0 Å². The number of nitrogens with one attached hydrogen (secondary N) is 1. The molecule has 1 aromatic rings. The Morgan fingerprint density at radius 2 is 1.84 bits per heavy atom. The van der Waals surface area contributed by atoms with Crippen molar-refractivity contribution in [3.63, 3.8) is 0 Å². The molecule has 0 aliphatic heterocycles. The summed E-state index contributed by atoms with van der Waals surface area (Å²) in [4.78, 5) is 11.1. The number of rotatable bonds is 5. The van der Waals surface area contributed by atoms with E-state index in [1.165, 1.54) is 6.92 Å². The van der Waals surface area contributed by atoms with Gasteiger partial charge in [-0.1, -0.05) is 19.1 Å². The van der Waals surface area contributed by atoms with E-state index in [0.29, 0.717) is 11.4 Å². The Morgan fingerprint density at radius 3 is 2.26 bits per heavy atom. The Kier molecular flexibility index (Phi) is 7.04. The van der Waals surface area contributed by atoms with Crippen LogP contribution >= 0.6 is 12.4 Å². The Labute approximate surface area is 119 Å². The molecule has 7 heteroatoms. The molecule has 1 unspecified atom stereocenters. The van der Waals surface area contributed by atoms with Gasteiger partial charge in [0.1, 0.15) is 0 Å². The van der Waals surface area contributed by atoms with Gasteiger partial charge in [0.05, 0.1) is 10.6 Å². The third kappa shape index (κ3) is 5.18. The lowest BCUT2D eigenvalue weighted by Crippen LogP contribution is -2.30. The smallest absolute Gasteiger partial charge is 0.216 e. The van der Waals surface area contributed by atoms with Gasteiger partial charge in [0.25, 0.3) is 0 Å². The summed E-state index contributed by atoms with van der Waals surface area (Å²) in [5.74, 6) is -0.0692. The third-order valence-electron chi connectivity index (χ3n) is 2.62. The van der Waals surface area contributed by atoms with E-state index in [1.807, 2.05) is 0 Å². The largest absolute Gasteiger partial charge is 0.354 e. The van der Waals surface area contributed by atoms with E-state index in [9.17, 15) is 13.2 Å². The minimum absolute atomic E-state index is 0. The minimum atomic E-state index is -3.18. The van der Waals surface area contributed by atoms with E-state index in [1.54, 1.807) is 31.2 Å². The molecular weight excluding hydrogens is 288 g/mol. The number of sulfone groups is 1. The van der Waals surface area contributed by atoms with Crippen molar-refractivity contribution in [2.24, 2.45) is 5.73 Å². The number of amides is 1. The second-order valence-electron chi connectivity index (χ2n) is 4.02. The first-order valence-electron chi connectivity index (χ1n) is 5.69. The molecule has 0 aliphatic rings. The first kappa shape index (κ1) is 17.9. The summed E-state index contributed by atoms with van der Waals surface area (Å²) in [6, 6.07) is 6.10. The molecule has 0 aliphatic carbocycles. The quantitative estimate of drug-likeness (QED) is 0.850. The number of nitrogens with two attached hydrogens (primary N) is 1. The number of hydrogen-bond donors (Lipinski definition) is 2. The Bertz CT molecular complexity index is 514. The molecule has 0 heterocycles. The number of hydrogen-bond acceptors (Lipinski definition) is 4. The van der Waals surface area contributed by atoms with Crippen molar-refractivity contribution < 1.29 is 13.2 Å². The normalized spacial score (nSPS) is 12.4. The summed E-state index contributed by atoms with van der Waals surface area (Å²) in [5.41, 5.74) is 6.66. The first-order chi connectivity index (χ1) is 8.36. The van der Waals surface area contributed by atoms with E-state index < -0.39 is 9.84 Å². The van der Waals surface area contributed by atoms with E-state index >= 15 is 0 Å². The number of carbonyl (C=O) groups is 1. The maximum Gasteiger partial charge on any atom is 0.216 e. The molecule has 0 aromatic heterocycles. The van der Waals surface area contributed by atoms with Crippen LogP contribution in [0.25, 0.3) is 0 Å². The van der Waals surface area contributed by atoms with Gasteiger partial charge in [-0.3, -0.25) is 4.79 Å². The molecule has 0 saturated heterocycles. The van der Waals surface area contributed by atoms with Crippen LogP contribution in [0.15, 0.2) is 29.2 Å². The molecule has 5 nitrogen and oxygen atoms in total. The topological polar surface area (TPSA) is 89.3 Å². The van der Waals surface area contributed by atoms with E-state index in [4.69, 9.17) is 5.73 Å². The van der Waals surface area contributed by atoms with Crippen LogP contribution in [0.5, 0.6) is 0 Å². The van der Waals surface area contributed by atoms with Crippen molar-refractivity contribution in [2.75, 3.05) is 12.3 Å². The Morgan fingerprint density at radius 1 is 1.32 bits per heavy atom. The van der Waals surface area contributed by atoms with Gasteiger partial charge in [0, 0.05) is 19.5 Å². The minimum Gasteiger partial charge on any atom is -0.354 e. The predicted molar refractivity (Wildman–Crippen MR) is 77.0 cm³/mol. The summed E-state index contributed by atoms with van der Waals surface area (Å²) < 4.78 is 23.2. The van der Waals surface area contributed by atoms with Crippen LogP contribution in [0.3, 0.4) is 0 Å². The SMILES string of the molecule is CCS(=O)(=O)c1ccc(C(N)CNC(C)=O)cc1.Cl. The molecule has 0 saturated carbocycles. The Hall–Kier alpha value is -1.11. The van der Waals surface area contributed by atoms with Crippen LogP contribution in [0, 0.1) is 0 Å². The fourth-order valence-corrected chi connectivity index (χ4v) is 2.34. The molecule has 3 N–H and O–H groups in total. The van der Waals surface area contributed by atoms with Crippen LogP contribution in [0.2, 0.25) is 0 Å². The van der Waals surface area contributed by atoms with Gasteiger partial charge >= 0.3 is 0 Å². The van der Waals surface area contributed by atoms with E-state index in [-0.39, 0.29) is 30.1 Å². The molecule has 0 spiro atoms. The van der Waals surface area contributed by atoms with Crippen LogP contribution in [0.4, 0.5) is 0 Å². The predicted octanol–water partition coefficient (Wildman–Crippen LogP) is 1.04. The second kappa shape index (κ2) is 7.47. The summed E-state index contributed by atoms with van der Waals surface area (Å²) >= 11 is 0. The molecule has 1 aromatic carbocycles. The molecular formula is C12H19ClN2O3S. The molecule has 0 fully saturated rings. The highest BCUT2D eigenvalue weighted by Gasteiger charge is 2.12. The monoisotopic (exact) mass is 306 g/mol. The maximum atomic E-state index is 11.6. The lowest BCUT2D eigenvalue weighted by Gasteiger charge is -2.12. The first-order valence-corrected chi connectivity index (χ1v) is 7.34. The standard InChI is InChI=1S/C12H18N2O3S.ClH/c1-3-18(16,17)11-6-4-10(5-7-11)12(13)8-14-9(2)15;/h4-7,12H,3,8,13H2,1-2H3,(H,14,15);1H. The maximum absolute atomic E-state index is 11.6.